The normalized spacial score (nSPS) is 11.9. The molecule has 0 fully saturated rings. The zero-order valence-electron chi connectivity index (χ0n) is 17.6. The molecule has 1 amide bonds. The van der Waals surface area contributed by atoms with Crippen LogP contribution >= 0.6 is 11.3 Å². The van der Waals surface area contributed by atoms with Crippen molar-refractivity contribution in [2.75, 3.05) is 10.6 Å². The fourth-order valence-corrected chi connectivity index (χ4v) is 4.33. The van der Waals surface area contributed by atoms with Crippen LogP contribution in [0.3, 0.4) is 0 Å². The summed E-state index contributed by atoms with van der Waals surface area (Å²) in [5.74, 6) is 0.539. The highest BCUT2D eigenvalue weighted by atomic mass is 32.1. The van der Waals surface area contributed by atoms with Crippen molar-refractivity contribution in [3.63, 3.8) is 0 Å². The van der Waals surface area contributed by atoms with Crippen molar-refractivity contribution in [1.82, 2.24) is 4.98 Å². The molecule has 9 heteroatoms. The van der Waals surface area contributed by atoms with E-state index in [2.05, 4.69) is 20.4 Å². The van der Waals surface area contributed by atoms with Crippen LogP contribution in [-0.2, 0) is 6.42 Å². The van der Waals surface area contributed by atoms with E-state index >= 15 is 0 Å². The first-order chi connectivity index (χ1) is 16.0. The third kappa shape index (κ3) is 5.56. The van der Waals surface area contributed by atoms with Gasteiger partial charge in [0.2, 0.25) is 0 Å². The summed E-state index contributed by atoms with van der Waals surface area (Å²) < 4.78 is 34.8. The van der Waals surface area contributed by atoms with Crippen molar-refractivity contribution in [3.8, 4) is 5.75 Å². The minimum absolute atomic E-state index is 0.0660. The maximum atomic E-state index is 12.7. The number of nitrogens with zero attached hydrogens (tertiary/aromatic N) is 1. The monoisotopic (exact) mass is 469 g/mol. The summed E-state index contributed by atoms with van der Waals surface area (Å²) in [6.07, 6.45) is 3.89. The summed E-state index contributed by atoms with van der Waals surface area (Å²) in [4.78, 5) is 18.1. The highest BCUT2D eigenvalue weighted by Crippen LogP contribution is 2.38. The van der Waals surface area contributed by atoms with Gasteiger partial charge in [0, 0.05) is 16.6 Å². The van der Waals surface area contributed by atoms with E-state index in [1.165, 1.54) is 29.7 Å². The third-order valence-electron chi connectivity index (χ3n) is 4.84. The smallest absolute Gasteiger partial charge is 0.387 e. The first kappa shape index (κ1) is 22.5. The van der Waals surface area contributed by atoms with Gasteiger partial charge in [-0.3, -0.25) is 4.79 Å². The van der Waals surface area contributed by atoms with Gasteiger partial charge < -0.3 is 19.8 Å². The molecule has 0 unspecified atom stereocenters. The Morgan fingerprint density at radius 3 is 2.61 bits per heavy atom. The average Bonchev–Trinajstić information content (AvgIpc) is 3.49. The summed E-state index contributed by atoms with van der Waals surface area (Å²) in [6, 6.07) is 16.7. The van der Waals surface area contributed by atoms with Crippen LogP contribution in [0.1, 0.15) is 39.5 Å². The second kappa shape index (κ2) is 10.3. The Labute approximate surface area is 193 Å². The minimum atomic E-state index is -2.90. The molecule has 0 aliphatic rings. The van der Waals surface area contributed by atoms with Gasteiger partial charge in [-0.25, -0.2) is 4.98 Å². The number of amides is 1. The molecular formula is C24H21F2N3O3S. The number of hydrogen-bond donors (Lipinski definition) is 2. The van der Waals surface area contributed by atoms with E-state index in [0.29, 0.717) is 10.8 Å². The largest absolute Gasteiger partial charge is 0.459 e. The SMILES string of the molecule is CCc1cc([C@@H](Nc2ccccn2)c2ccc(OC(F)F)cc2)c(NC(=O)c2ccco2)s1. The molecule has 4 aromatic rings. The maximum Gasteiger partial charge on any atom is 0.387 e. The number of furan rings is 1. The van der Waals surface area contributed by atoms with Crippen LogP contribution in [0.15, 0.2) is 77.5 Å². The molecule has 0 saturated carbocycles. The van der Waals surface area contributed by atoms with Crippen molar-refractivity contribution in [2.24, 2.45) is 0 Å². The van der Waals surface area contributed by atoms with Crippen molar-refractivity contribution in [3.05, 3.63) is 94.9 Å². The standard InChI is InChI=1S/C24H21F2N3O3S/c1-2-17-14-18(23(33-17)29-22(30)19-6-5-13-31-19)21(28-20-7-3-4-12-27-20)15-8-10-16(11-9-15)32-24(25)26/h3-14,21,24H,2H2,1H3,(H,27,28)(H,29,30)/t21-/m0/s1. The lowest BCUT2D eigenvalue weighted by Crippen LogP contribution is -2.17. The van der Waals surface area contributed by atoms with Crippen LogP contribution in [-0.4, -0.2) is 17.5 Å². The van der Waals surface area contributed by atoms with Crippen molar-refractivity contribution < 1.29 is 22.7 Å². The van der Waals surface area contributed by atoms with E-state index in [0.717, 1.165) is 22.4 Å². The number of carbonyl (C=O) groups excluding carboxylic acids is 1. The maximum absolute atomic E-state index is 12.7. The number of benzene rings is 1. The fraction of sp³-hybridized carbons (Fsp3) is 0.167. The van der Waals surface area contributed by atoms with Crippen LogP contribution in [0.2, 0.25) is 0 Å². The van der Waals surface area contributed by atoms with E-state index in [4.69, 9.17) is 4.42 Å². The van der Waals surface area contributed by atoms with Gasteiger partial charge in [-0.1, -0.05) is 25.1 Å². The zero-order chi connectivity index (χ0) is 23.2. The predicted octanol–water partition coefficient (Wildman–Crippen LogP) is 6.35. The molecule has 6 nitrogen and oxygen atoms in total. The van der Waals surface area contributed by atoms with Gasteiger partial charge in [0.25, 0.3) is 5.91 Å². The number of hydrogen-bond acceptors (Lipinski definition) is 6. The molecule has 0 aliphatic heterocycles. The predicted molar refractivity (Wildman–Crippen MR) is 123 cm³/mol. The van der Waals surface area contributed by atoms with Crippen molar-refractivity contribution in [2.45, 2.75) is 26.0 Å². The first-order valence-electron chi connectivity index (χ1n) is 10.2. The Balaban J connectivity index is 1.72. The highest BCUT2D eigenvalue weighted by Gasteiger charge is 2.23. The van der Waals surface area contributed by atoms with Crippen LogP contribution < -0.4 is 15.4 Å². The number of ether oxygens (including phenoxy) is 1. The van der Waals surface area contributed by atoms with Gasteiger partial charge >= 0.3 is 6.61 Å². The second-order valence-corrected chi connectivity index (χ2v) is 8.16. The summed E-state index contributed by atoms with van der Waals surface area (Å²) >= 11 is 1.47. The Hall–Kier alpha value is -3.72. The summed E-state index contributed by atoms with van der Waals surface area (Å²) in [6.45, 7) is -0.864. The molecule has 0 saturated heterocycles. The molecule has 0 bridgehead atoms. The van der Waals surface area contributed by atoms with E-state index < -0.39 is 12.7 Å². The summed E-state index contributed by atoms with van der Waals surface area (Å²) in [5, 5.41) is 6.99. The summed E-state index contributed by atoms with van der Waals surface area (Å²) in [7, 11) is 0. The van der Waals surface area contributed by atoms with E-state index in [-0.39, 0.29) is 17.4 Å². The number of thiophene rings is 1. The number of anilines is 2. The molecule has 33 heavy (non-hydrogen) atoms. The second-order valence-electron chi connectivity index (χ2n) is 7.02. The lowest BCUT2D eigenvalue weighted by Gasteiger charge is -2.21. The van der Waals surface area contributed by atoms with Gasteiger partial charge in [0.05, 0.1) is 12.3 Å². The molecule has 0 spiro atoms. The number of rotatable bonds is 9. The molecule has 4 rings (SSSR count). The van der Waals surface area contributed by atoms with Crippen LogP contribution in [0.25, 0.3) is 0 Å². The number of pyridine rings is 1. The molecule has 2 N–H and O–H groups in total. The van der Waals surface area contributed by atoms with E-state index in [9.17, 15) is 13.6 Å². The Kier molecular flexibility index (Phi) is 6.99. The first-order valence-corrected chi connectivity index (χ1v) is 11.0. The van der Waals surface area contributed by atoms with Crippen LogP contribution in [0.5, 0.6) is 5.75 Å². The molecule has 3 heterocycles. The van der Waals surface area contributed by atoms with E-state index in [1.54, 1.807) is 30.5 Å². The zero-order valence-corrected chi connectivity index (χ0v) is 18.4. The number of carbonyl (C=O) groups is 1. The lowest BCUT2D eigenvalue weighted by atomic mass is 9.99. The van der Waals surface area contributed by atoms with E-state index in [1.807, 2.05) is 31.2 Å². The molecule has 1 atom stereocenters. The Morgan fingerprint density at radius 1 is 1.15 bits per heavy atom. The third-order valence-corrected chi connectivity index (χ3v) is 6.05. The molecule has 170 valence electrons. The molecule has 1 aromatic carbocycles. The topological polar surface area (TPSA) is 76.4 Å². The molecule has 0 aliphatic carbocycles. The number of aryl methyl sites for hydroxylation is 1. The number of nitrogens with one attached hydrogen (secondary N) is 2. The number of halogens is 2. The molecule has 3 aromatic heterocycles. The van der Waals surface area contributed by atoms with Gasteiger partial charge in [0.1, 0.15) is 16.6 Å². The van der Waals surface area contributed by atoms with Gasteiger partial charge in [-0.2, -0.15) is 8.78 Å². The van der Waals surface area contributed by atoms with Gasteiger partial charge in [-0.05, 0) is 54.4 Å². The average molecular weight is 470 g/mol. The fourth-order valence-electron chi connectivity index (χ4n) is 3.30. The van der Waals surface area contributed by atoms with Crippen molar-refractivity contribution >= 4 is 28.1 Å². The highest BCUT2D eigenvalue weighted by molar-refractivity contribution is 7.16. The summed E-state index contributed by atoms with van der Waals surface area (Å²) in [5.41, 5.74) is 1.61. The number of alkyl halides is 2. The van der Waals surface area contributed by atoms with Crippen LogP contribution in [0, 0.1) is 0 Å². The quantitative estimate of drug-likeness (QED) is 0.299. The minimum Gasteiger partial charge on any atom is -0.459 e. The Morgan fingerprint density at radius 2 is 1.97 bits per heavy atom. The lowest BCUT2D eigenvalue weighted by molar-refractivity contribution is -0.0498. The van der Waals surface area contributed by atoms with Gasteiger partial charge in [-0.15, -0.1) is 11.3 Å². The molecular weight excluding hydrogens is 448 g/mol. The van der Waals surface area contributed by atoms with Gasteiger partial charge in [0.15, 0.2) is 5.76 Å². The molecule has 0 radical (unpaired) electrons. The van der Waals surface area contributed by atoms with Crippen molar-refractivity contribution in [1.29, 1.82) is 0 Å². The number of aromatic nitrogens is 1. The Bertz CT molecular complexity index is 1180. The van der Waals surface area contributed by atoms with Crippen LogP contribution in [0.4, 0.5) is 19.6 Å².